The van der Waals surface area contributed by atoms with Gasteiger partial charge >= 0.3 is 0 Å². The van der Waals surface area contributed by atoms with Crippen molar-refractivity contribution in [3.05, 3.63) is 95.7 Å². The second kappa shape index (κ2) is 7.19. The van der Waals surface area contributed by atoms with Crippen LogP contribution in [-0.2, 0) is 0 Å². The topological polar surface area (TPSA) is 42.0 Å². The summed E-state index contributed by atoms with van der Waals surface area (Å²) in [6, 6.07) is 18.2. The maximum absolute atomic E-state index is 14.9. The molecule has 4 rings (SSSR count). The first-order valence-corrected chi connectivity index (χ1v) is 8.74. The number of amides is 1. The number of pyridine rings is 1. The third-order valence-corrected chi connectivity index (χ3v) is 4.61. The van der Waals surface area contributed by atoms with Crippen LogP contribution in [-0.4, -0.2) is 10.9 Å². The van der Waals surface area contributed by atoms with E-state index in [2.05, 4.69) is 10.3 Å². The van der Waals surface area contributed by atoms with Gasteiger partial charge in [0.15, 0.2) is 11.6 Å². The van der Waals surface area contributed by atoms with E-state index in [4.69, 9.17) is 0 Å². The van der Waals surface area contributed by atoms with Crippen LogP contribution in [0.1, 0.15) is 15.9 Å². The summed E-state index contributed by atoms with van der Waals surface area (Å²) < 4.78 is 28.5. The number of hydrogen-bond acceptors (Lipinski definition) is 2. The quantitative estimate of drug-likeness (QED) is 0.497. The molecule has 0 atom stereocenters. The summed E-state index contributed by atoms with van der Waals surface area (Å²) in [4.78, 5) is 16.3. The van der Waals surface area contributed by atoms with Crippen molar-refractivity contribution in [3.63, 3.8) is 0 Å². The fraction of sp³-hybridized carbons (Fsp3) is 0.0435. The minimum absolute atomic E-state index is 0.129. The molecule has 0 saturated heterocycles. The molecule has 0 aliphatic heterocycles. The van der Waals surface area contributed by atoms with Crippen LogP contribution in [0.3, 0.4) is 0 Å². The summed E-state index contributed by atoms with van der Waals surface area (Å²) in [6.07, 6.45) is 1.50. The Morgan fingerprint density at radius 1 is 0.964 bits per heavy atom. The predicted octanol–water partition coefficient (Wildman–Crippen LogP) is 5.74. The van der Waals surface area contributed by atoms with Crippen LogP contribution in [0.15, 0.2) is 72.9 Å². The van der Waals surface area contributed by atoms with Gasteiger partial charge in [-0.1, -0.05) is 36.4 Å². The zero-order valence-corrected chi connectivity index (χ0v) is 15.0. The molecule has 1 aromatic heterocycles. The molecule has 138 valence electrons. The maximum atomic E-state index is 14.9. The fourth-order valence-corrected chi connectivity index (χ4v) is 3.12. The minimum Gasteiger partial charge on any atom is -0.304 e. The van der Waals surface area contributed by atoms with Crippen molar-refractivity contribution in [3.8, 4) is 11.1 Å². The van der Waals surface area contributed by atoms with Gasteiger partial charge in [-0.15, -0.1) is 0 Å². The molecule has 0 radical (unpaired) electrons. The Labute approximate surface area is 160 Å². The number of rotatable bonds is 3. The highest BCUT2D eigenvalue weighted by atomic mass is 19.1. The van der Waals surface area contributed by atoms with E-state index in [0.717, 1.165) is 16.7 Å². The third-order valence-electron chi connectivity index (χ3n) is 4.61. The van der Waals surface area contributed by atoms with Gasteiger partial charge in [0.05, 0.1) is 0 Å². The summed E-state index contributed by atoms with van der Waals surface area (Å²) in [5, 5.41) is 3.40. The number of carbonyl (C=O) groups is 1. The van der Waals surface area contributed by atoms with Gasteiger partial charge in [0.25, 0.3) is 5.91 Å². The van der Waals surface area contributed by atoms with Gasteiger partial charge in [0.1, 0.15) is 5.82 Å². The lowest BCUT2D eigenvalue weighted by Gasteiger charge is -2.10. The van der Waals surface area contributed by atoms with Gasteiger partial charge in [-0.25, -0.2) is 13.8 Å². The number of benzene rings is 3. The molecule has 3 aromatic carbocycles. The molecule has 0 fully saturated rings. The molecule has 5 heteroatoms. The van der Waals surface area contributed by atoms with Gasteiger partial charge in [0.2, 0.25) is 0 Å². The molecule has 0 spiro atoms. The van der Waals surface area contributed by atoms with E-state index in [1.807, 2.05) is 6.92 Å². The summed E-state index contributed by atoms with van der Waals surface area (Å²) in [7, 11) is 0. The van der Waals surface area contributed by atoms with Crippen molar-refractivity contribution in [2.75, 3.05) is 5.32 Å². The largest absolute Gasteiger partial charge is 0.304 e. The Morgan fingerprint density at radius 3 is 2.54 bits per heavy atom. The second-order valence-corrected chi connectivity index (χ2v) is 6.50. The standard InChI is InChI=1S/C23H16F2N2O/c1-14-7-9-18(24)12-20(14)16-8-10-19-17(11-16)13-26-22(21(19)25)27-23(28)15-5-3-2-4-6-15/h2-13H,1H3,(H,26,27,28). The van der Waals surface area contributed by atoms with Gasteiger partial charge in [0, 0.05) is 22.5 Å². The van der Waals surface area contributed by atoms with E-state index < -0.39 is 11.7 Å². The zero-order chi connectivity index (χ0) is 19.7. The van der Waals surface area contributed by atoms with Crippen molar-refractivity contribution < 1.29 is 13.6 Å². The first-order chi connectivity index (χ1) is 13.5. The lowest BCUT2D eigenvalue weighted by Crippen LogP contribution is -2.14. The number of aryl methyl sites for hydroxylation is 1. The molecule has 0 bridgehead atoms. The van der Waals surface area contributed by atoms with Crippen molar-refractivity contribution in [1.29, 1.82) is 0 Å². The zero-order valence-electron chi connectivity index (χ0n) is 15.0. The predicted molar refractivity (Wildman–Crippen MR) is 106 cm³/mol. The van der Waals surface area contributed by atoms with Crippen LogP contribution in [0.4, 0.5) is 14.6 Å². The first kappa shape index (κ1) is 17.8. The number of hydrogen-bond donors (Lipinski definition) is 1. The monoisotopic (exact) mass is 374 g/mol. The first-order valence-electron chi connectivity index (χ1n) is 8.74. The Hall–Kier alpha value is -3.60. The summed E-state index contributed by atoms with van der Waals surface area (Å²) >= 11 is 0. The number of fused-ring (bicyclic) bond motifs is 1. The van der Waals surface area contributed by atoms with Crippen LogP contribution >= 0.6 is 0 Å². The Morgan fingerprint density at radius 2 is 1.75 bits per heavy atom. The maximum Gasteiger partial charge on any atom is 0.256 e. The smallest absolute Gasteiger partial charge is 0.256 e. The molecule has 0 unspecified atom stereocenters. The van der Waals surface area contributed by atoms with E-state index in [-0.39, 0.29) is 11.6 Å². The highest BCUT2D eigenvalue weighted by Crippen LogP contribution is 2.30. The lowest BCUT2D eigenvalue weighted by atomic mass is 9.98. The normalized spacial score (nSPS) is 10.8. The minimum atomic E-state index is -0.607. The number of halogens is 2. The fourth-order valence-electron chi connectivity index (χ4n) is 3.12. The van der Waals surface area contributed by atoms with Gasteiger partial charge in [-0.3, -0.25) is 4.79 Å². The highest BCUT2D eigenvalue weighted by Gasteiger charge is 2.14. The van der Waals surface area contributed by atoms with Crippen LogP contribution in [0, 0.1) is 18.6 Å². The summed E-state index contributed by atoms with van der Waals surface area (Å²) in [5.74, 6) is -1.50. The summed E-state index contributed by atoms with van der Waals surface area (Å²) in [6.45, 7) is 1.89. The van der Waals surface area contributed by atoms with Crippen molar-refractivity contribution in [2.24, 2.45) is 0 Å². The second-order valence-electron chi connectivity index (χ2n) is 6.50. The van der Waals surface area contributed by atoms with Crippen molar-refractivity contribution in [2.45, 2.75) is 6.92 Å². The molecule has 1 N–H and O–H groups in total. The Bertz CT molecular complexity index is 1190. The molecule has 1 heterocycles. The molecular weight excluding hydrogens is 358 g/mol. The van der Waals surface area contributed by atoms with Gasteiger partial charge in [-0.05, 0) is 53.9 Å². The molecule has 3 nitrogen and oxygen atoms in total. The molecular formula is C23H16F2N2O. The number of nitrogens with one attached hydrogen (secondary N) is 1. The van der Waals surface area contributed by atoms with E-state index >= 15 is 0 Å². The van der Waals surface area contributed by atoms with Crippen LogP contribution in [0.25, 0.3) is 21.9 Å². The van der Waals surface area contributed by atoms with Gasteiger partial charge in [-0.2, -0.15) is 0 Å². The SMILES string of the molecule is Cc1ccc(F)cc1-c1ccc2c(F)c(NC(=O)c3ccccc3)ncc2c1. The van der Waals surface area contributed by atoms with E-state index in [1.165, 1.54) is 18.3 Å². The van der Waals surface area contributed by atoms with E-state index in [1.54, 1.807) is 54.6 Å². The van der Waals surface area contributed by atoms with E-state index in [0.29, 0.717) is 16.3 Å². The van der Waals surface area contributed by atoms with Crippen LogP contribution in [0.2, 0.25) is 0 Å². The molecule has 28 heavy (non-hydrogen) atoms. The number of aromatic nitrogens is 1. The highest BCUT2D eigenvalue weighted by molar-refractivity contribution is 6.04. The molecule has 0 aliphatic rings. The molecule has 1 amide bonds. The number of nitrogens with zero attached hydrogens (tertiary/aromatic N) is 1. The third kappa shape index (κ3) is 3.34. The average molecular weight is 374 g/mol. The lowest BCUT2D eigenvalue weighted by molar-refractivity contribution is 0.102. The van der Waals surface area contributed by atoms with E-state index in [9.17, 15) is 13.6 Å². The van der Waals surface area contributed by atoms with Crippen molar-refractivity contribution >= 4 is 22.5 Å². The average Bonchev–Trinajstić information content (AvgIpc) is 2.72. The Balaban J connectivity index is 1.70. The van der Waals surface area contributed by atoms with Gasteiger partial charge < -0.3 is 5.32 Å². The number of carbonyl (C=O) groups excluding carboxylic acids is 1. The summed E-state index contributed by atoms with van der Waals surface area (Å²) in [5.41, 5.74) is 2.84. The number of anilines is 1. The van der Waals surface area contributed by atoms with Crippen LogP contribution < -0.4 is 5.32 Å². The Kier molecular flexibility index (Phi) is 4.57. The molecule has 0 saturated carbocycles. The van der Waals surface area contributed by atoms with Crippen molar-refractivity contribution in [1.82, 2.24) is 4.98 Å². The molecule has 0 aliphatic carbocycles. The van der Waals surface area contributed by atoms with Crippen LogP contribution in [0.5, 0.6) is 0 Å². The molecule has 4 aromatic rings.